The number of aromatic nitrogens is 1. The van der Waals surface area contributed by atoms with Crippen LogP contribution in [0.1, 0.15) is 16.4 Å². The Kier molecular flexibility index (Phi) is 6.73. The fraction of sp³-hybridized carbons (Fsp3) is 0.125. The lowest BCUT2D eigenvalue weighted by Crippen LogP contribution is -2.33. The van der Waals surface area contributed by atoms with Gasteiger partial charge in [-0.3, -0.25) is 23.7 Å². The van der Waals surface area contributed by atoms with E-state index < -0.39 is 17.1 Å². The average molecular weight is 612 g/mol. The van der Waals surface area contributed by atoms with E-state index in [1.807, 2.05) is 72.8 Å². The topological polar surface area (TPSA) is 88.5 Å². The van der Waals surface area contributed by atoms with Crippen molar-refractivity contribution >= 4 is 74.6 Å². The van der Waals surface area contributed by atoms with Gasteiger partial charge in [-0.25, -0.2) is 4.90 Å². The molecule has 5 aromatic rings. The summed E-state index contributed by atoms with van der Waals surface area (Å²) >= 11 is 8.28. The molecule has 0 spiro atoms. The smallest absolute Gasteiger partial charge is 0.308 e. The van der Waals surface area contributed by atoms with Gasteiger partial charge < -0.3 is 5.32 Å². The van der Waals surface area contributed by atoms with E-state index >= 15 is 0 Å². The first-order chi connectivity index (χ1) is 20.4. The molecule has 0 radical (unpaired) electrons. The third-order valence-electron chi connectivity index (χ3n) is 7.66. The summed E-state index contributed by atoms with van der Waals surface area (Å²) in [6, 6.07) is 29.4. The normalized spacial score (nSPS) is 19.5. The van der Waals surface area contributed by atoms with Gasteiger partial charge in [-0.05, 0) is 41.3 Å². The van der Waals surface area contributed by atoms with Crippen LogP contribution in [0.3, 0.4) is 0 Å². The van der Waals surface area contributed by atoms with Crippen LogP contribution in [0.25, 0.3) is 10.8 Å². The molecule has 10 heteroatoms. The number of carbonyl (C=O) groups excluding carboxylic acids is 3. The Bertz CT molecular complexity index is 1930. The van der Waals surface area contributed by atoms with Gasteiger partial charge in [0.2, 0.25) is 17.7 Å². The fourth-order valence-electron chi connectivity index (χ4n) is 5.79. The van der Waals surface area contributed by atoms with Crippen LogP contribution in [0, 0.1) is 5.92 Å². The van der Waals surface area contributed by atoms with Crippen LogP contribution in [0.5, 0.6) is 0 Å². The molecule has 3 atom stereocenters. The number of imide groups is 1. The van der Waals surface area contributed by atoms with E-state index in [9.17, 15) is 19.2 Å². The Balaban J connectivity index is 1.27. The maximum Gasteiger partial charge on any atom is 0.308 e. The summed E-state index contributed by atoms with van der Waals surface area (Å²) in [5.74, 6) is -2.25. The Morgan fingerprint density at radius 1 is 0.833 bits per heavy atom. The summed E-state index contributed by atoms with van der Waals surface area (Å²) in [4.78, 5) is 56.0. The first-order valence-corrected chi connectivity index (χ1v) is 15.3. The zero-order valence-electron chi connectivity index (χ0n) is 21.9. The lowest BCUT2D eigenvalue weighted by molar-refractivity contribution is -0.122. The molecule has 1 aromatic heterocycles. The van der Waals surface area contributed by atoms with Crippen molar-refractivity contribution in [2.24, 2.45) is 5.92 Å². The number of benzene rings is 4. The van der Waals surface area contributed by atoms with Gasteiger partial charge in [0, 0.05) is 26.9 Å². The summed E-state index contributed by atoms with van der Waals surface area (Å²) in [6.07, 6.45) is 0. The van der Waals surface area contributed by atoms with Gasteiger partial charge in [-0.1, -0.05) is 101 Å². The molecule has 0 bridgehead atoms. The zero-order chi connectivity index (χ0) is 29.0. The van der Waals surface area contributed by atoms with E-state index in [2.05, 4.69) is 5.32 Å². The van der Waals surface area contributed by atoms with Gasteiger partial charge in [0.1, 0.15) is 11.8 Å². The Morgan fingerprint density at radius 3 is 2.33 bits per heavy atom. The number of thioether (sulfide) groups is 1. The lowest BCUT2D eigenvalue weighted by atomic mass is 9.83. The summed E-state index contributed by atoms with van der Waals surface area (Å²) in [7, 11) is 0. The predicted molar refractivity (Wildman–Crippen MR) is 167 cm³/mol. The van der Waals surface area contributed by atoms with Crippen LogP contribution in [0.4, 0.5) is 11.4 Å². The predicted octanol–water partition coefficient (Wildman–Crippen LogP) is 6.15. The number of hydrogen-bond donors (Lipinski definition) is 1. The highest BCUT2D eigenvalue weighted by atomic mass is 35.5. The van der Waals surface area contributed by atoms with Crippen LogP contribution >= 0.6 is 34.7 Å². The SMILES string of the molecule is O=C(Cn1c2c(sc1=O)[C@@H](c1ccccc1)[C@@H]1C(=O)N(c3ccc(Cl)cc3)C(=O)[C@@H]1S2)Nc1cccc2ccccc12. The molecule has 3 amide bonds. The monoisotopic (exact) mass is 611 g/mol. The number of rotatable bonds is 5. The van der Waals surface area contributed by atoms with Gasteiger partial charge >= 0.3 is 4.87 Å². The van der Waals surface area contributed by atoms with Crippen LogP contribution in [0.2, 0.25) is 5.02 Å². The molecule has 2 aliphatic heterocycles. The van der Waals surface area contributed by atoms with Crippen molar-refractivity contribution in [3.05, 3.63) is 122 Å². The second-order valence-electron chi connectivity index (χ2n) is 10.1. The highest BCUT2D eigenvalue weighted by Gasteiger charge is 2.56. The Hall–Kier alpha value is -4.18. The fourth-order valence-corrected chi connectivity index (χ4v) is 8.69. The molecule has 4 aromatic carbocycles. The number of amides is 3. The van der Waals surface area contributed by atoms with E-state index in [1.165, 1.54) is 21.2 Å². The molecule has 1 saturated heterocycles. The summed E-state index contributed by atoms with van der Waals surface area (Å²) < 4.78 is 1.43. The number of carbonyl (C=O) groups is 3. The minimum atomic E-state index is -0.757. The largest absolute Gasteiger partial charge is 0.324 e. The molecule has 42 heavy (non-hydrogen) atoms. The highest BCUT2D eigenvalue weighted by Crippen LogP contribution is 2.53. The minimum absolute atomic E-state index is 0.219. The molecule has 0 saturated carbocycles. The van der Waals surface area contributed by atoms with Crippen molar-refractivity contribution in [2.75, 3.05) is 10.2 Å². The number of nitrogens with zero attached hydrogens (tertiary/aromatic N) is 2. The van der Waals surface area contributed by atoms with Gasteiger partial charge in [-0.15, -0.1) is 0 Å². The van der Waals surface area contributed by atoms with E-state index in [0.29, 0.717) is 26.3 Å². The zero-order valence-corrected chi connectivity index (χ0v) is 24.3. The number of anilines is 2. The van der Waals surface area contributed by atoms with Crippen molar-refractivity contribution in [3.8, 4) is 0 Å². The van der Waals surface area contributed by atoms with Crippen molar-refractivity contribution < 1.29 is 14.4 Å². The molecule has 7 nitrogen and oxygen atoms in total. The first kappa shape index (κ1) is 26.7. The van der Waals surface area contributed by atoms with Gasteiger partial charge in [0.05, 0.1) is 16.6 Å². The molecule has 1 fully saturated rings. The molecule has 1 N–H and O–H groups in total. The maximum absolute atomic E-state index is 13.9. The van der Waals surface area contributed by atoms with E-state index in [0.717, 1.165) is 27.7 Å². The van der Waals surface area contributed by atoms with Crippen molar-refractivity contribution in [1.29, 1.82) is 0 Å². The number of halogens is 1. The Labute approximate surface area is 253 Å². The molecular formula is C32H22ClN3O4S2. The summed E-state index contributed by atoms with van der Waals surface area (Å²) in [5.41, 5.74) is 1.94. The third kappa shape index (κ3) is 4.45. The van der Waals surface area contributed by atoms with Crippen molar-refractivity contribution in [2.45, 2.75) is 22.7 Å². The quantitative estimate of drug-likeness (QED) is 0.241. The van der Waals surface area contributed by atoms with Crippen LogP contribution in [0.15, 0.2) is 107 Å². The summed E-state index contributed by atoms with van der Waals surface area (Å²) in [6.45, 7) is -0.219. The number of thiazole rings is 1. The van der Waals surface area contributed by atoms with Gasteiger partial charge in [0.15, 0.2) is 0 Å². The first-order valence-electron chi connectivity index (χ1n) is 13.3. The van der Waals surface area contributed by atoms with Gasteiger partial charge in [0.25, 0.3) is 0 Å². The van der Waals surface area contributed by atoms with Crippen molar-refractivity contribution in [1.82, 2.24) is 4.57 Å². The second-order valence-corrected chi connectivity index (χ2v) is 12.7. The van der Waals surface area contributed by atoms with Crippen LogP contribution < -0.4 is 15.1 Å². The average Bonchev–Trinajstić information content (AvgIpc) is 3.44. The molecule has 7 rings (SSSR count). The second kappa shape index (κ2) is 10.6. The molecule has 0 aliphatic carbocycles. The highest BCUT2D eigenvalue weighted by molar-refractivity contribution is 8.00. The van der Waals surface area contributed by atoms with Crippen LogP contribution in [-0.4, -0.2) is 27.5 Å². The Morgan fingerprint density at radius 2 is 1.55 bits per heavy atom. The number of hydrogen-bond acceptors (Lipinski definition) is 6. The molecule has 0 unspecified atom stereocenters. The number of fused-ring (bicyclic) bond motifs is 3. The van der Waals surface area contributed by atoms with Gasteiger partial charge in [-0.2, -0.15) is 0 Å². The van der Waals surface area contributed by atoms with Crippen LogP contribution in [-0.2, 0) is 20.9 Å². The third-order valence-corrected chi connectivity index (χ3v) is 10.5. The van der Waals surface area contributed by atoms with E-state index in [-0.39, 0.29) is 29.1 Å². The van der Waals surface area contributed by atoms with Crippen molar-refractivity contribution in [3.63, 3.8) is 0 Å². The number of nitrogens with one attached hydrogen (secondary N) is 1. The van der Waals surface area contributed by atoms with E-state index in [4.69, 9.17) is 11.6 Å². The standard InChI is InChI=1S/C32H22ClN3O4S2/c33-20-13-15-21(16-14-20)36-29(38)26-25(19-8-2-1-3-9-19)28-31(41-27(26)30(36)39)35(32(40)42-28)17-24(37)34-23-12-6-10-18-7-4-5-11-22(18)23/h1-16,25-27H,17H2,(H,34,37)/t25-,26-,27+/m0/s1. The molecular weight excluding hydrogens is 590 g/mol. The summed E-state index contributed by atoms with van der Waals surface area (Å²) in [5, 5.41) is 5.13. The molecule has 3 heterocycles. The van der Waals surface area contributed by atoms with E-state index in [1.54, 1.807) is 24.3 Å². The molecule has 2 aliphatic rings. The molecule has 208 valence electrons. The minimum Gasteiger partial charge on any atom is -0.324 e. The lowest BCUT2D eigenvalue weighted by Gasteiger charge is -2.30. The maximum atomic E-state index is 13.9.